The summed E-state index contributed by atoms with van der Waals surface area (Å²) in [5.41, 5.74) is 5.35. The zero-order valence-corrected chi connectivity index (χ0v) is 21.0. The highest BCUT2D eigenvalue weighted by Gasteiger charge is 2.16. The summed E-state index contributed by atoms with van der Waals surface area (Å²) in [4.78, 5) is 17.5. The quantitative estimate of drug-likeness (QED) is 0.257. The fourth-order valence-corrected chi connectivity index (χ4v) is 4.77. The zero-order chi connectivity index (χ0) is 25.3. The maximum absolute atomic E-state index is 13.2. The molecular formula is C32H33N3O2. The Balaban J connectivity index is 1.20. The van der Waals surface area contributed by atoms with E-state index in [0.717, 1.165) is 59.8 Å². The third-order valence-corrected chi connectivity index (χ3v) is 6.77. The number of hydrogen-bond acceptors (Lipinski definition) is 4. The molecule has 0 bridgehead atoms. The molecule has 1 fully saturated rings. The average molecular weight is 492 g/mol. The lowest BCUT2D eigenvalue weighted by Gasteiger charge is -2.23. The lowest BCUT2D eigenvalue weighted by atomic mass is 9.97. The molecule has 37 heavy (non-hydrogen) atoms. The first-order chi connectivity index (χ1) is 18.2. The second-order valence-corrected chi connectivity index (χ2v) is 9.48. The molecule has 2 N–H and O–H groups in total. The summed E-state index contributed by atoms with van der Waals surface area (Å²) >= 11 is 0. The molecule has 5 heteroatoms. The molecule has 1 aliphatic rings. The predicted octanol–water partition coefficient (Wildman–Crippen LogP) is 7.37. The van der Waals surface area contributed by atoms with Crippen molar-refractivity contribution < 1.29 is 9.53 Å². The lowest BCUT2D eigenvalue weighted by Crippen LogP contribution is -2.19. The van der Waals surface area contributed by atoms with Crippen molar-refractivity contribution in [3.8, 4) is 16.9 Å². The number of rotatable bonds is 9. The lowest BCUT2D eigenvalue weighted by molar-refractivity contribution is 0.102. The molecule has 0 atom stereocenters. The number of anilines is 2. The van der Waals surface area contributed by atoms with Crippen LogP contribution in [0, 0.1) is 0 Å². The molecule has 0 unspecified atom stereocenters. The Bertz CT molecular complexity index is 1280. The maximum Gasteiger partial charge on any atom is 0.256 e. The molecule has 5 nitrogen and oxygen atoms in total. The molecule has 188 valence electrons. The maximum atomic E-state index is 13.2. The first kappa shape index (κ1) is 24.6. The molecule has 1 heterocycles. The third kappa shape index (κ3) is 6.76. The van der Waals surface area contributed by atoms with Gasteiger partial charge in [-0.15, -0.1) is 0 Å². The van der Waals surface area contributed by atoms with Gasteiger partial charge >= 0.3 is 0 Å². The number of nitrogens with zero attached hydrogens (tertiary/aromatic N) is 1. The molecule has 0 aliphatic heterocycles. The summed E-state index contributed by atoms with van der Waals surface area (Å²) in [6.45, 7) is 0.792. The van der Waals surface area contributed by atoms with Crippen molar-refractivity contribution in [3.05, 3.63) is 108 Å². The summed E-state index contributed by atoms with van der Waals surface area (Å²) in [5, 5.41) is 6.44. The highest BCUT2D eigenvalue weighted by Crippen LogP contribution is 2.29. The van der Waals surface area contributed by atoms with Crippen LogP contribution in [0.25, 0.3) is 11.1 Å². The Kier molecular flexibility index (Phi) is 8.11. The molecule has 0 spiro atoms. The van der Waals surface area contributed by atoms with Crippen molar-refractivity contribution in [2.75, 3.05) is 17.2 Å². The van der Waals surface area contributed by atoms with Crippen molar-refractivity contribution >= 4 is 17.3 Å². The van der Waals surface area contributed by atoms with E-state index in [4.69, 9.17) is 4.74 Å². The van der Waals surface area contributed by atoms with E-state index in [-0.39, 0.29) is 5.91 Å². The number of hydrogen-bond donors (Lipinski definition) is 2. The van der Waals surface area contributed by atoms with Crippen LogP contribution in [0.15, 0.2) is 97.2 Å². The predicted molar refractivity (Wildman–Crippen MR) is 150 cm³/mol. The molecule has 1 aromatic heterocycles. The van der Waals surface area contributed by atoms with E-state index in [1.807, 2.05) is 97.2 Å². The normalized spacial score (nSPS) is 13.6. The third-order valence-electron chi connectivity index (χ3n) is 6.77. The molecule has 0 saturated heterocycles. The van der Waals surface area contributed by atoms with Gasteiger partial charge in [-0.25, -0.2) is 0 Å². The molecule has 3 aromatic carbocycles. The summed E-state index contributed by atoms with van der Waals surface area (Å²) < 4.78 is 6.17. The van der Waals surface area contributed by atoms with Crippen LogP contribution in [0.5, 0.6) is 5.75 Å². The topological polar surface area (TPSA) is 63.2 Å². The molecule has 5 rings (SSSR count). The standard InChI is InChI=1S/C32H33N3O2/c36-32(35-27-17-15-26(16-18-27)34-23-21-25-8-6-7-22-33-25)31-12-5-4-11-30(31)24-13-19-29(20-14-24)37-28-9-2-1-3-10-28/h4-8,11-20,22,28,34H,1-3,9-10,21,23H2,(H,35,36). The van der Waals surface area contributed by atoms with Crippen molar-refractivity contribution in [3.63, 3.8) is 0 Å². The molecule has 0 radical (unpaired) electrons. The minimum atomic E-state index is -0.131. The first-order valence-electron chi connectivity index (χ1n) is 13.2. The Morgan fingerprint density at radius 2 is 1.54 bits per heavy atom. The van der Waals surface area contributed by atoms with Gasteiger partial charge in [-0.1, -0.05) is 42.8 Å². The van der Waals surface area contributed by atoms with Crippen molar-refractivity contribution in [2.45, 2.75) is 44.6 Å². The van der Waals surface area contributed by atoms with Crippen molar-refractivity contribution in [1.82, 2.24) is 4.98 Å². The highest BCUT2D eigenvalue weighted by molar-refractivity contribution is 6.08. The van der Waals surface area contributed by atoms with E-state index < -0.39 is 0 Å². The van der Waals surface area contributed by atoms with E-state index in [2.05, 4.69) is 15.6 Å². The Hall–Kier alpha value is -4.12. The number of aromatic nitrogens is 1. The molecule has 1 saturated carbocycles. The Morgan fingerprint density at radius 1 is 0.811 bits per heavy atom. The van der Waals surface area contributed by atoms with E-state index >= 15 is 0 Å². The summed E-state index contributed by atoms with van der Waals surface area (Å²) in [6.07, 6.45) is 9.05. The van der Waals surface area contributed by atoms with Crippen LogP contribution in [-0.2, 0) is 6.42 Å². The fourth-order valence-electron chi connectivity index (χ4n) is 4.77. The van der Waals surface area contributed by atoms with Gasteiger partial charge in [-0.05, 0) is 91.4 Å². The summed E-state index contributed by atoms with van der Waals surface area (Å²) in [7, 11) is 0. The summed E-state index contributed by atoms with van der Waals surface area (Å²) in [5.74, 6) is 0.764. The number of carbonyl (C=O) groups excluding carboxylic acids is 1. The molecule has 4 aromatic rings. The molecule has 1 aliphatic carbocycles. The van der Waals surface area contributed by atoms with E-state index in [9.17, 15) is 4.79 Å². The number of nitrogens with one attached hydrogen (secondary N) is 2. The van der Waals surface area contributed by atoms with Crippen LogP contribution < -0.4 is 15.4 Å². The fraction of sp³-hybridized carbons (Fsp3) is 0.250. The van der Waals surface area contributed by atoms with Gasteiger partial charge in [0, 0.05) is 41.8 Å². The second-order valence-electron chi connectivity index (χ2n) is 9.48. The number of amides is 1. The molecular weight excluding hydrogens is 458 g/mol. The van der Waals surface area contributed by atoms with Crippen LogP contribution in [-0.4, -0.2) is 23.5 Å². The Morgan fingerprint density at radius 3 is 2.30 bits per heavy atom. The van der Waals surface area contributed by atoms with Gasteiger partial charge in [0.05, 0.1) is 6.10 Å². The average Bonchev–Trinajstić information content (AvgIpc) is 2.95. The van der Waals surface area contributed by atoms with Gasteiger partial charge in [0.2, 0.25) is 0 Å². The van der Waals surface area contributed by atoms with Gasteiger partial charge < -0.3 is 15.4 Å². The van der Waals surface area contributed by atoms with Crippen LogP contribution in [0.1, 0.15) is 48.2 Å². The largest absolute Gasteiger partial charge is 0.490 e. The van der Waals surface area contributed by atoms with Gasteiger partial charge in [0.1, 0.15) is 5.75 Å². The van der Waals surface area contributed by atoms with E-state index in [0.29, 0.717) is 11.7 Å². The van der Waals surface area contributed by atoms with Gasteiger partial charge in [0.25, 0.3) is 5.91 Å². The number of pyridine rings is 1. The van der Waals surface area contributed by atoms with Crippen LogP contribution in [0.2, 0.25) is 0 Å². The zero-order valence-electron chi connectivity index (χ0n) is 21.0. The van der Waals surface area contributed by atoms with Crippen molar-refractivity contribution in [2.24, 2.45) is 0 Å². The smallest absolute Gasteiger partial charge is 0.256 e. The second kappa shape index (κ2) is 12.2. The minimum Gasteiger partial charge on any atom is -0.490 e. The van der Waals surface area contributed by atoms with Gasteiger partial charge in [-0.3, -0.25) is 9.78 Å². The van der Waals surface area contributed by atoms with Gasteiger partial charge in [-0.2, -0.15) is 0 Å². The van der Waals surface area contributed by atoms with Crippen molar-refractivity contribution in [1.29, 1.82) is 0 Å². The number of carbonyl (C=O) groups is 1. The number of benzene rings is 3. The van der Waals surface area contributed by atoms with Crippen LogP contribution >= 0.6 is 0 Å². The van der Waals surface area contributed by atoms with E-state index in [1.54, 1.807) is 0 Å². The van der Waals surface area contributed by atoms with E-state index in [1.165, 1.54) is 19.3 Å². The van der Waals surface area contributed by atoms with Gasteiger partial charge in [0.15, 0.2) is 0 Å². The highest BCUT2D eigenvalue weighted by atomic mass is 16.5. The van der Waals surface area contributed by atoms with Crippen LogP contribution in [0.4, 0.5) is 11.4 Å². The van der Waals surface area contributed by atoms with Crippen LogP contribution in [0.3, 0.4) is 0 Å². The summed E-state index contributed by atoms with van der Waals surface area (Å²) in [6, 6.07) is 29.5. The SMILES string of the molecule is O=C(Nc1ccc(NCCc2ccccn2)cc1)c1ccccc1-c1ccc(OC2CCCCC2)cc1. The minimum absolute atomic E-state index is 0.131. The monoisotopic (exact) mass is 491 g/mol. The molecule has 1 amide bonds. The number of ether oxygens (including phenoxy) is 1. The Labute approximate surface area is 218 Å². The first-order valence-corrected chi connectivity index (χ1v) is 13.2.